The summed E-state index contributed by atoms with van der Waals surface area (Å²) in [6.45, 7) is 10.5. The van der Waals surface area contributed by atoms with Gasteiger partial charge in [0.25, 0.3) is 5.91 Å². The highest BCUT2D eigenvalue weighted by molar-refractivity contribution is 5.80. The Kier molecular flexibility index (Phi) is 5.22. The van der Waals surface area contributed by atoms with Crippen LogP contribution in [-0.2, 0) is 4.79 Å². The lowest BCUT2D eigenvalue weighted by Gasteiger charge is -2.36. The van der Waals surface area contributed by atoms with E-state index in [1.807, 2.05) is 0 Å². The molecule has 16 heavy (non-hydrogen) atoms. The monoisotopic (exact) mass is 228 g/mol. The Labute approximate surface area is 98.2 Å². The lowest BCUT2D eigenvalue weighted by Crippen LogP contribution is -2.51. The van der Waals surface area contributed by atoms with Crippen LogP contribution in [-0.4, -0.2) is 59.6 Å². The van der Waals surface area contributed by atoms with Gasteiger partial charge in [-0.05, 0) is 12.8 Å². The van der Waals surface area contributed by atoms with Crippen molar-refractivity contribution >= 4 is 5.91 Å². The number of amides is 1. The molecule has 4 heteroatoms. The van der Waals surface area contributed by atoms with Crippen LogP contribution in [0.25, 0.3) is 0 Å². The van der Waals surface area contributed by atoms with Crippen LogP contribution < -0.4 is 0 Å². The molecule has 0 aromatic heterocycles. The summed E-state index contributed by atoms with van der Waals surface area (Å²) in [4.78, 5) is 15.7. The van der Waals surface area contributed by atoms with Gasteiger partial charge in [-0.3, -0.25) is 9.69 Å². The van der Waals surface area contributed by atoms with Gasteiger partial charge in [0.2, 0.25) is 0 Å². The summed E-state index contributed by atoms with van der Waals surface area (Å²) in [6, 6.07) is 0. The number of piperazine rings is 1. The van der Waals surface area contributed by atoms with Gasteiger partial charge in [0.1, 0.15) is 6.10 Å². The number of carbonyl (C=O) groups excluding carboxylic acids is 1. The predicted octanol–water partition coefficient (Wildman–Crippen LogP) is 0.557. The van der Waals surface area contributed by atoms with Crippen LogP contribution in [0.2, 0.25) is 0 Å². The van der Waals surface area contributed by atoms with Crippen LogP contribution >= 0.6 is 0 Å². The number of aliphatic hydroxyl groups is 1. The summed E-state index contributed by atoms with van der Waals surface area (Å²) in [6.07, 6.45) is 0.341. The first kappa shape index (κ1) is 13.5. The summed E-state index contributed by atoms with van der Waals surface area (Å²) >= 11 is 0. The summed E-state index contributed by atoms with van der Waals surface area (Å²) < 4.78 is 0. The fourth-order valence-corrected chi connectivity index (χ4v) is 1.98. The Morgan fingerprint density at radius 1 is 1.25 bits per heavy atom. The second kappa shape index (κ2) is 6.21. The number of hydrogen-bond acceptors (Lipinski definition) is 3. The molecule has 4 nitrogen and oxygen atoms in total. The molecule has 1 amide bonds. The highest BCUT2D eigenvalue weighted by atomic mass is 16.3. The molecule has 2 unspecified atom stereocenters. The van der Waals surface area contributed by atoms with Crippen LogP contribution in [0, 0.1) is 5.92 Å². The van der Waals surface area contributed by atoms with Gasteiger partial charge in [-0.25, -0.2) is 0 Å². The number of hydrogen-bond donors (Lipinski definition) is 1. The van der Waals surface area contributed by atoms with Crippen LogP contribution in [0.3, 0.4) is 0 Å². The molecule has 1 aliphatic rings. The van der Waals surface area contributed by atoms with Gasteiger partial charge in [-0.15, -0.1) is 0 Å². The van der Waals surface area contributed by atoms with Gasteiger partial charge >= 0.3 is 0 Å². The van der Waals surface area contributed by atoms with E-state index in [2.05, 4.69) is 18.7 Å². The van der Waals surface area contributed by atoms with Crippen molar-refractivity contribution in [3.05, 3.63) is 0 Å². The molecule has 0 saturated carbocycles. The van der Waals surface area contributed by atoms with Gasteiger partial charge in [0.15, 0.2) is 0 Å². The fraction of sp³-hybridized carbons (Fsp3) is 0.917. The van der Waals surface area contributed by atoms with Crippen LogP contribution in [0.1, 0.15) is 27.2 Å². The zero-order valence-corrected chi connectivity index (χ0v) is 10.6. The number of aliphatic hydroxyl groups excluding tert-OH is 1. The van der Waals surface area contributed by atoms with Crippen LogP contribution in [0.15, 0.2) is 0 Å². The van der Waals surface area contributed by atoms with Gasteiger partial charge in [-0.1, -0.05) is 20.3 Å². The Balaban J connectivity index is 2.31. The van der Waals surface area contributed by atoms with Crippen molar-refractivity contribution < 1.29 is 9.90 Å². The third-order valence-corrected chi connectivity index (χ3v) is 3.31. The second-order valence-corrected chi connectivity index (χ2v) is 4.82. The van der Waals surface area contributed by atoms with E-state index in [-0.39, 0.29) is 5.91 Å². The van der Waals surface area contributed by atoms with Crippen molar-refractivity contribution in [2.75, 3.05) is 32.7 Å². The molecular weight excluding hydrogens is 204 g/mol. The first-order valence-corrected chi connectivity index (χ1v) is 6.23. The summed E-state index contributed by atoms with van der Waals surface area (Å²) in [7, 11) is 0. The maximum atomic E-state index is 11.5. The molecular formula is C12H24N2O2. The third kappa shape index (κ3) is 3.76. The van der Waals surface area contributed by atoms with Gasteiger partial charge in [0, 0.05) is 32.7 Å². The second-order valence-electron chi connectivity index (χ2n) is 4.82. The molecule has 1 N–H and O–H groups in total. The first-order valence-electron chi connectivity index (χ1n) is 6.23. The lowest BCUT2D eigenvalue weighted by molar-refractivity contribution is -0.141. The largest absolute Gasteiger partial charge is 0.384 e. The fourth-order valence-electron chi connectivity index (χ4n) is 1.98. The predicted molar refractivity (Wildman–Crippen MR) is 64.2 cm³/mol. The Bertz CT molecular complexity index is 223. The first-order chi connectivity index (χ1) is 7.54. The molecule has 0 aromatic rings. The minimum absolute atomic E-state index is 0.136. The molecule has 94 valence electrons. The molecule has 0 bridgehead atoms. The number of nitrogens with zero attached hydrogens (tertiary/aromatic N) is 2. The Morgan fingerprint density at radius 3 is 2.25 bits per heavy atom. The van der Waals surface area contributed by atoms with Crippen molar-refractivity contribution in [2.45, 2.75) is 33.3 Å². The smallest absolute Gasteiger partial charge is 0.251 e. The molecule has 0 radical (unpaired) electrons. The maximum Gasteiger partial charge on any atom is 0.251 e. The molecule has 0 aliphatic carbocycles. The maximum absolute atomic E-state index is 11.5. The molecule has 1 saturated heterocycles. The topological polar surface area (TPSA) is 43.8 Å². The molecule has 2 atom stereocenters. The third-order valence-electron chi connectivity index (χ3n) is 3.31. The van der Waals surface area contributed by atoms with Crippen LogP contribution in [0.5, 0.6) is 0 Å². The zero-order chi connectivity index (χ0) is 12.1. The van der Waals surface area contributed by atoms with E-state index in [0.717, 1.165) is 38.6 Å². The van der Waals surface area contributed by atoms with Gasteiger partial charge in [-0.2, -0.15) is 0 Å². The van der Waals surface area contributed by atoms with E-state index >= 15 is 0 Å². The molecule has 1 fully saturated rings. The van der Waals surface area contributed by atoms with E-state index in [0.29, 0.717) is 0 Å². The Hall–Kier alpha value is -0.610. The van der Waals surface area contributed by atoms with E-state index in [4.69, 9.17) is 0 Å². The van der Waals surface area contributed by atoms with Crippen molar-refractivity contribution in [2.24, 2.45) is 5.92 Å². The minimum Gasteiger partial charge on any atom is -0.384 e. The van der Waals surface area contributed by atoms with E-state index < -0.39 is 6.10 Å². The van der Waals surface area contributed by atoms with E-state index in [1.165, 1.54) is 13.3 Å². The highest BCUT2D eigenvalue weighted by Crippen LogP contribution is 2.08. The summed E-state index contributed by atoms with van der Waals surface area (Å²) in [5.41, 5.74) is 0. The summed E-state index contributed by atoms with van der Waals surface area (Å²) in [5.74, 6) is 0.585. The SMILES string of the molecule is CCC(C)CN1CCN(C(=O)C(C)O)CC1. The highest BCUT2D eigenvalue weighted by Gasteiger charge is 2.23. The quantitative estimate of drug-likeness (QED) is 0.764. The normalized spacial score (nSPS) is 21.9. The van der Waals surface area contributed by atoms with Crippen molar-refractivity contribution in [1.82, 2.24) is 9.80 Å². The molecule has 1 rings (SSSR count). The Morgan fingerprint density at radius 2 is 1.81 bits per heavy atom. The number of carbonyl (C=O) groups is 1. The van der Waals surface area contributed by atoms with Gasteiger partial charge < -0.3 is 10.0 Å². The lowest BCUT2D eigenvalue weighted by atomic mass is 10.1. The zero-order valence-electron chi connectivity index (χ0n) is 10.6. The van der Waals surface area contributed by atoms with E-state index in [9.17, 15) is 9.90 Å². The van der Waals surface area contributed by atoms with Crippen LogP contribution in [0.4, 0.5) is 0 Å². The van der Waals surface area contributed by atoms with Gasteiger partial charge in [0.05, 0.1) is 0 Å². The standard InChI is InChI=1S/C12H24N2O2/c1-4-10(2)9-13-5-7-14(8-6-13)12(16)11(3)15/h10-11,15H,4-9H2,1-3H3. The molecule has 1 aliphatic heterocycles. The van der Waals surface area contributed by atoms with E-state index in [1.54, 1.807) is 4.90 Å². The summed E-state index contributed by atoms with van der Waals surface area (Å²) in [5, 5.41) is 9.22. The minimum atomic E-state index is -0.860. The average Bonchev–Trinajstić information content (AvgIpc) is 2.28. The van der Waals surface area contributed by atoms with Crippen molar-refractivity contribution in [3.8, 4) is 0 Å². The molecule has 0 aromatic carbocycles. The van der Waals surface area contributed by atoms with Crippen molar-refractivity contribution in [3.63, 3.8) is 0 Å². The molecule has 1 heterocycles. The average molecular weight is 228 g/mol. The molecule has 0 spiro atoms. The van der Waals surface area contributed by atoms with Crippen molar-refractivity contribution in [1.29, 1.82) is 0 Å². The number of rotatable bonds is 4.